The Balaban J connectivity index is 1.16. The van der Waals surface area contributed by atoms with Crippen molar-refractivity contribution in [1.29, 1.82) is 0 Å². The van der Waals surface area contributed by atoms with E-state index in [1.165, 1.54) is 33.0 Å². The number of rotatable bonds is 5. The average molecular weight is 701 g/mol. The SMILES string of the molecule is c1ccc(-c2ccc(-c3ccc(-c4nc(-c5cccc6c(-c7ccccc7)cccc56)nc5ccccc45)c4c3oc3cc5ccccc5cc34)cc2)cc1. The van der Waals surface area contributed by atoms with Crippen LogP contribution >= 0.6 is 0 Å². The number of para-hydroxylation sites is 1. The molecular formula is C52H32N2O. The van der Waals surface area contributed by atoms with Crippen LogP contribution in [0.3, 0.4) is 0 Å². The van der Waals surface area contributed by atoms with Gasteiger partial charge in [-0.15, -0.1) is 0 Å². The second kappa shape index (κ2) is 12.6. The highest BCUT2D eigenvalue weighted by Crippen LogP contribution is 2.45. The minimum atomic E-state index is 0.691. The molecule has 0 N–H and O–H groups in total. The first-order valence-electron chi connectivity index (χ1n) is 18.7. The maximum absolute atomic E-state index is 6.92. The molecule has 0 saturated carbocycles. The predicted molar refractivity (Wildman–Crippen MR) is 229 cm³/mol. The van der Waals surface area contributed by atoms with Crippen LogP contribution in [0, 0.1) is 0 Å². The molecule has 0 saturated heterocycles. The summed E-state index contributed by atoms with van der Waals surface area (Å²) in [5.41, 5.74) is 12.4. The van der Waals surface area contributed by atoms with Crippen molar-refractivity contribution in [2.24, 2.45) is 0 Å². The molecule has 0 unspecified atom stereocenters. The molecule has 0 amide bonds. The van der Waals surface area contributed by atoms with Crippen LogP contribution in [-0.2, 0) is 0 Å². The fraction of sp³-hybridized carbons (Fsp3) is 0. The van der Waals surface area contributed by atoms with Crippen molar-refractivity contribution in [1.82, 2.24) is 9.97 Å². The van der Waals surface area contributed by atoms with E-state index in [1.54, 1.807) is 0 Å². The number of furan rings is 1. The van der Waals surface area contributed by atoms with Crippen molar-refractivity contribution >= 4 is 54.4 Å². The van der Waals surface area contributed by atoms with E-state index in [9.17, 15) is 0 Å². The lowest BCUT2D eigenvalue weighted by molar-refractivity contribution is 0.670. The molecule has 11 rings (SSSR count). The van der Waals surface area contributed by atoms with E-state index in [2.05, 4.69) is 194 Å². The molecule has 3 nitrogen and oxygen atoms in total. The van der Waals surface area contributed by atoms with Crippen molar-refractivity contribution in [3.8, 4) is 56.0 Å². The van der Waals surface area contributed by atoms with E-state index < -0.39 is 0 Å². The molecule has 0 atom stereocenters. The number of benzene rings is 9. The molecule has 2 aromatic heterocycles. The Morgan fingerprint density at radius 3 is 1.69 bits per heavy atom. The monoisotopic (exact) mass is 700 g/mol. The molecule has 0 aliphatic heterocycles. The van der Waals surface area contributed by atoms with Gasteiger partial charge in [0.25, 0.3) is 0 Å². The molecule has 256 valence electrons. The summed E-state index contributed by atoms with van der Waals surface area (Å²) in [5, 5.41) is 7.70. The number of hydrogen-bond acceptors (Lipinski definition) is 3. The van der Waals surface area contributed by atoms with E-state index in [0.29, 0.717) is 5.82 Å². The summed E-state index contributed by atoms with van der Waals surface area (Å²) >= 11 is 0. The Morgan fingerprint density at radius 1 is 0.345 bits per heavy atom. The van der Waals surface area contributed by atoms with Crippen LogP contribution in [0.2, 0.25) is 0 Å². The molecular weight excluding hydrogens is 669 g/mol. The molecule has 11 aromatic rings. The Morgan fingerprint density at radius 2 is 0.909 bits per heavy atom. The maximum atomic E-state index is 6.92. The van der Waals surface area contributed by atoms with Crippen molar-refractivity contribution in [3.05, 3.63) is 194 Å². The van der Waals surface area contributed by atoms with Gasteiger partial charge < -0.3 is 4.42 Å². The third kappa shape index (κ3) is 5.20. The fourth-order valence-corrected chi connectivity index (χ4v) is 8.24. The predicted octanol–water partition coefficient (Wildman–Crippen LogP) is 14.2. The topological polar surface area (TPSA) is 38.9 Å². The van der Waals surface area contributed by atoms with E-state index in [0.717, 1.165) is 71.6 Å². The van der Waals surface area contributed by atoms with Gasteiger partial charge in [-0.25, -0.2) is 9.97 Å². The Labute approximate surface area is 317 Å². The lowest BCUT2D eigenvalue weighted by Gasteiger charge is -2.14. The smallest absolute Gasteiger partial charge is 0.161 e. The van der Waals surface area contributed by atoms with Crippen molar-refractivity contribution in [3.63, 3.8) is 0 Å². The van der Waals surface area contributed by atoms with Crippen LogP contribution in [0.25, 0.3) is 110 Å². The second-order valence-electron chi connectivity index (χ2n) is 14.1. The van der Waals surface area contributed by atoms with Gasteiger partial charge in [0.15, 0.2) is 5.82 Å². The summed E-state index contributed by atoms with van der Waals surface area (Å²) in [5.74, 6) is 0.691. The Kier molecular flexibility index (Phi) is 7.17. The van der Waals surface area contributed by atoms with Gasteiger partial charge in [0.05, 0.1) is 11.2 Å². The standard InChI is InChI=1S/C52H32N2O/c1-3-13-33(14-4-1)34-25-27-36(28-26-34)40-29-30-45(49-46-31-37-17-7-8-18-38(37)32-48(46)55-51(40)49)50-44-19-9-10-24-47(44)53-52(54-50)43-23-12-21-41-39(20-11-22-42(41)43)35-15-5-2-6-16-35/h1-32H. The van der Waals surface area contributed by atoms with E-state index >= 15 is 0 Å². The minimum absolute atomic E-state index is 0.691. The summed E-state index contributed by atoms with van der Waals surface area (Å²) in [6.45, 7) is 0. The highest BCUT2D eigenvalue weighted by Gasteiger charge is 2.22. The summed E-state index contributed by atoms with van der Waals surface area (Å²) in [6.07, 6.45) is 0. The Bertz CT molecular complexity index is 3240. The highest BCUT2D eigenvalue weighted by atomic mass is 16.3. The summed E-state index contributed by atoms with van der Waals surface area (Å²) < 4.78 is 6.92. The van der Waals surface area contributed by atoms with Crippen LogP contribution in [0.5, 0.6) is 0 Å². The first kappa shape index (κ1) is 31.2. The summed E-state index contributed by atoms with van der Waals surface area (Å²) in [4.78, 5) is 10.7. The fourth-order valence-electron chi connectivity index (χ4n) is 8.24. The zero-order valence-corrected chi connectivity index (χ0v) is 29.8. The lowest BCUT2D eigenvalue weighted by Crippen LogP contribution is -1.97. The molecule has 2 heterocycles. The largest absolute Gasteiger partial charge is 0.455 e. The van der Waals surface area contributed by atoms with Crippen LogP contribution in [0.15, 0.2) is 199 Å². The van der Waals surface area contributed by atoms with Gasteiger partial charge in [0.1, 0.15) is 11.2 Å². The van der Waals surface area contributed by atoms with E-state index in [-0.39, 0.29) is 0 Å². The number of fused-ring (bicyclic) bond motifs is 6. The number of hydrogen-bond donors (Lipinski definition) is 0. The van der Waals surface area contributed by atoms with Gasteiger partial charge >= 0.3 is 0 Å². The lowest BCUT2D eigenvalue weighted by atomic mass is 9.93. The van der Waals surface area contributed by atoms with Gasteiger partial charge in [-0.3, -0.25) is 0 Å². The number of nitrogens with zero attached hydrogens (tertiary/aromatic N) is 2. The molecule has 55 heavy (non-hydrogen) atoms. The Hall–Kier alpha value is -7.36. The molecule has 0 spiro atoms. The third-order valence-corrected chi connectivity index (χ3v) is 10.9. The quantitative estimate of drug-likeness (QED) is 0.179. The van der Waals surface area contributed by atoms with E-state index in [4.69, 9.17) is 14.4 Å². The first-order valence-corrected chi connectivity index (χ1v) is 18.7. The average Bonchev–Trinajstić information content (AvgIpc) is 3.63. The van der Waals surface area contributed by atoms with Crippen LogP contribution in [0.4, 0.5) is 0 Å². The van der Waals surface area contributed by atoms with Gasteiger partial charge in [-0.2, -0.15) is 0 Å². The summed E-state index contributed by atoms with van der Waals surface area (Å²) in [6, 6.07) is 68.5. The van der Waals surface area contributed by atoms with Crippen LogP contribution < -0.4 is 0 Å². The van der Waals surface area contributed by atoms with Gasteiger partial charge in [-0.1, -0.05) is 170 Å². The van der Waals surface area contributed by atoms with Crippen LogP contribution in [0.1, 0.15) is 0 Å². The zero-order chi connectivity index (χ0) is 36.3. The third-order valence-electron chi connectivity index (χ3n) is 10.9. The molecule has 9 aromatic carbocycles. The van der Waals surface area contributed by atoms with Crippen molar-refractivity contribution < 1.29 is 4.42 Å². The molecule has 0 aliphatic carbocycles. The second-order valence-corrected chi connectivity index (χ2v) is 14.1. The van der Waals surface area contributed by atoms with Gasteiger partial charge in [0, 0.05) is 32.8 Å². The molecule has 0 fully saturated rings. The number of aromatic nitrogens is 2. The molecule has 0 radical (unpaired) electrons. The minimum Gasteiger partial charge on any atom is -0.455 e. The van der Waals surface area contributed by atoms with E-state index in [1.807, 2.05) is 0 Å². The van der Waals surface area contributed by atoms with Gasteiger partial charge in [0.2, 0.25) is 0 Å². The summed E-state index contributed by atoms with van der Waals surface area (Å²) in [7, 11) is 0. The van der Waals surface area contributed by atoms with Crippen LogP contribution in [-0.4, -0.2) is 9.97 Å². The van der Waals surface area contributed by atoms with Crippen molar-refractivity contribution in [2.45, 2.75) is 0 Å². The zero-order valence-electron chi connectivity index (χ0n) is 29.8. The highest BCUT2D eigenvalue weighted by molar-refractivity contribution is 6.20. The molecule has 0 bridgehead atoms. The van der Waals surface area contributed by atoms with Gasteiger partial charge in [-0.05, 0) is 73.6 Å². The van der Waals surface area contributed by atoms with Crippen molar-refractivity contribution in [2.75, 3.05) is 0 Å². The molecule has 3 heteroatoms. The first-order chi connectivity index (χ1) is 27.3. The molecule has 0 aliphatic rings. The normalized spacial score (nSPS) is 11.6. The maximum Gasteiger partial charge on any atom is 0.161 e.